The van der Waals surface area contributed by atoms with Crippen LogP contribution in [0.15, 0.2) is 71.5 Å². The quantitative estimate of drug-likeness (QED) is 0.691. The van der Waals surface area contributed by atoms with Crippen LogP contribution < -0.4 is 5.56 Å². The average Bonchev–Trinajstić information content (AvgIpc) is 2.63. The third-order valence-corrected chi connectivity index (χ3v) is 3.72. The lowest BCUT2D eigenvalue weighted by Crippen LogP contribution is -2.23. The Morgan fingerprint density at radius 2 is 1.69 bits per heavy atom. The van der Waals surface area contributed by atoms with E-state index in [9.17, 15) is 18.0 Å². The van der Waals surface area contributed by atoms with E-state index in [2.05, 4.69) is 5.10 Å². The molecule has 1 heterocycles. The molecular formula is C20H15F3N2O. The molecule has 26 heavy (non-hydrogen) atoms. The summed E-state index contributed by atoms with van der Waals surface area (Å²) < 4.78 is 39.6. The Hall–Kier alpha value is -3.15. The second-order valence-electron chi connectivity index (χ2n) is 5.70. The lowest BCUT2D eigenvalue weighted by molar-refractivity contribution is -0.137. The van der Waals surface area contributed by atoms with E-state index in [0.717, 1.165) is 22.4 Å². The van der Waals surface area contributed by atoms with E-state index in [1.807, 2.05) is 36.4 Å². The minimum absolute atomic E-state index is 0.0320. The van der Waals surface area contributed by atoms with Gasteiger partial charge in [-0.2, -0.15) is 18.3 Å². The van der Waals surface area contributed by atoms with Crippen LogP contribution in [0, 0.1) is 0 Å². The second kappa shape index (κ2) is 7.39. The number of aromatic nitrogens is 2. The first-order valence-corrected chi connectivity index (χ1v) is 7.89. The van der Waals surface area contributed by atoms with Gasteiger partial charge >= 0.3 is 6.18 Å². The van der Waals surface area contributed by atoms with E-state index in [-0.39, 0.29) is 12.1 Å². The Labute approximate surface area is 148 Å². The lowest BCUT2D eigenvalue weighted by Gasteiger charge is -2.10. The van der Waals surface area contributed by atoms with Gasteiger partial charge in [-0.1, -0.05) is 48.5 Å². The van der Waals surface area contributed by atoms with Crippen LogP contribution in [0.1, 0.15) is 22.4 Å². The molecule has 0 radical (unpaired) electrons. The standard InChI is InChI=1S/C20H15F3N2O/c21-20(22,23)17-8-4-7-16(13-17)14-25-19(26)12-11-18(24-25)10-9-15-5-2-1-3-6-15/h1-13H,14H2/b10-9+. The fraction of sp³-hybridized carbons (Fsp3) is 0.100. The van der Waals surface area contributed by atoms with Gasteiger partial charge in [0, 0.05) is 6.07 Å². The van der Waals surface area contributed by atoms with Crippen LogP contribution in [0.4, 0.5) is 13.2 Å². The van der Waals surface area contributed by atoms with Gasteiger partial charge in [0.2, 0.25) is 0 Å². The molecule has 0 bridgehead atoms. The van der Waals surface area contributed by atoms with Crippen LogP contribution in [-0.2, 0) is 12.7 Å². The zero-order valence-corrected chi connectivity index (χ0v) is 13.6. The van der Waals surface area contributed by atoms with Gasteiger partial charge in [0.25, 0.3) is 5.56 Å². The molecule has 0 spiro atoms. The Kier molecular flexibility index (Phi) is 5.02. The Balaban J connectivity index is 1.85. The number of hydrogen-bond acceptors (Lipinski definition) is 2. The molecule has 0 aliphatic rings. The zero-order chi connectivity index (χ0) is 18.6. The van der Waals surface area contributed by atoms with Crippen molar-refractivity contribution in [2.24, 2.45) is 0 Å². The highest BCUT2D eigenvalue weighted by molar-refractivity contribution is 5.67. The largest absolute Gasteiger partial charge is 0.416 e. The molecule has 1 aromatic heterocycles. The van der Waals surface area contributed by atoms with Gasteiger partial charge in [-0.3, -0.25) is 4.79 Å². The number of benzene rings is 2. The monoisotopic (exact) mass is 356 g/mol. The van der Waals surface area contributed by atoms with E-state index >= 15 is 0 Å². The van der Waals surface area contributed by atoms with Gasteiger partial charge in [-0.05, 0) is 35.4 Å². The third kappa shape index (κ3) is 4.47. The Morgan fingerprint density at radius 1 is 0.923 bits per heavy atom. The summed E-state index contributed by atoms with van der Waals surface area (Å²) in [6, 6.07) is 17.4. The molecule has 0 saturated heterocycles. The van der Waals surface area contributed by atoms with Gasteiger partial charge in [0.1, 0.15) is 0 Å². The maximum atomic E-state index is 12.8. The van der Waals surface area contributed by atoms with Crippen molar-refractivity contribution in [3.05, 3.63) is 99.5 Å². The summed E-state index contributed by atoms with van der Waals surface area (Å²) in [5.74, 6) is 0. The SMILES string of the molecule is O=c1ccc(/C=C/c2ccccc2)nn1Cc1cccc(C(F)(F)F)c1. The van der Waals surface area contributed by atoms with Crippen LogP contribution in [0.2, 0.25) is 0 Å². The highest BCUT2D eigenvalue weighted by Gasteiger charge is 2.30. The molecule has 0 atom stereocenters. The highest BCUT2D eigenvalue weighted by Crippen LogP contribution is 2.29. The number of rotatable bonds is 4. The summed E-state index contributed by atoms with van der Waals surface area (Å²) in [7, 11) is 0. The van der Waals surface area contributed by atoms with Crippen LogP contribution >= 0.6 is 0 Å². The molecule has 3 rings (SSSR count). The number of alkyl halides is 3. The minimum atomic E-state index is -4.42. The molecule has 0 amide bonds. The number of nitrogens with zero attached hydrogens (tertiary/aromatic N) is 2. The van der Waals surface area contributed by atoms with Crippen molar-refractivity contribution in [3.63, 3.8) is 0 Å². The van der Waals surface area contributed by atoms with Gasteiger partial charge in [0.05, 0.1) is 17.8 Å². The molecule has 0 fully saturated rings. The molecule has 3 nitrogen and oxygen atoms in total. The van der Waals surface area contributed by atoms with Crippen LogP contribution in [-0.4, -0.2) is 9.78 Å². The zero-order valence-electron chi connectivity index (χ0n) is 13.6. The molecule has 132 valence electrons. The van der Waals surface area contributed by atoms with Crippen molar-refractivity contribution >= 4 is 12.2 Å². The Bertz CT molecular complexity index is 976. The summed E-state index contributed by atoms with van der Waals surface area (Å²) in [6.45, 7) is -0.0320. The summed E-state index contributed by atoms with van der Waals surface area (Å²) in [5, 5.41) is 4.21. The first-order valence-electron chi connectivity index (χ1n) is 7.89. The summed E-state index contributed by atoms with van der Waals surface area (Å²) in [6.07, 6.45) is -0.826. The molecule has 0 N–H and O–H groups in total. The van der Waals surface area contributed by atoms with E-state index in [1.54, 1.807) is 12.1 Å². The fourth-order valence-electron chi connectivity index (χ4n) is 2.43. The molecule has 0 aliphatic heterocycles. The maximum absolute atomic E-state index is 12.8. The molecule has 0 saturated carbocycles. The number of halogens is 3. The molecule has 0 aliphatic carbocycles. The van der Waals surface area contributed by atoms with Crippen molar-refractivity contribution in [2.45, 2.75) is 12.7 Å². The molecule has 2 aromatic carbocycles. The van der Waals surface area contributed by atoms with Crippen molar-refractivity contribution in [1.82, 2.24) is 9.78 Å². The van der Waals surface area contributed by atoms with E-state index in [0.29, 0.717) is 11.3 Å². The van der Waals surface area contributed by atoms with Gasteiger partial charge in [-0.15, -0.1) is 0 Å². The molecule has 6 heteroatoms. The Morgan fingerprint density at radius 3 is 2.42 bits per heavy atom. The third-order valence-electron chi connectivity index (χ3n) is 3.72. The van der Waals surface area contributed by atoms with E-state index in [4.69, 9.17) is 0 Å². The van der Waals surface area contributed by atoms with Crippen LogP contribution in [0.3, 0.4) is 0 Å². The first-order chi connectivity index (χ1) is 12.4. The highest BCUT2D eigenvalue weighted by atomic mass is 19.4. The molecular weight excluding hydrogens is 341 g/mol. The summed E-state index contributed by atoms with van der Waals surface area (Å²) in [4.78, 5) is 12.0. The van der Waals surface area contributed by atoms with Gasteiger partial charge < -0.3 is 0 Å². The van der Waals surface area contributed by atoms with E-state index in [1.165, 1.54) is 18.2 Å². The fourth-order valence-corrected chi connectivity index (χ4v) is 2.43. The average molecular weight is 356 g/mol. The van der Waals surface area contributed by atoms with Gasteiger partial charge in [0.15, 0.2) is 0 Å². The molecule has 0 unspecified atom stereocenters. The summed E-state index contributed by atoms with van der Waals surface area (Å²) in [5.41, 5.74) is 0.756. The normalized spacial score (nSPS) is 11.8. The van der Waals surface area contributed by atoms with Gasteiger partial charge in [-0.25, -0.2) is 4.68 Å². The van der Waals surface area contributed by atoms with Crippen LogP contribution in [0.25, 0.3) is 12.2 Å². The summed E-state index contributed by atoms with van der Waals surface area (Å²) >= 11 is 0. The smallest absolute Gasteiger partial charge is 0.268 e. The minimum Gasteiger partial charge on any atom is -0.268 e. The van der Waals surface area contributed by atoms with E-state index < -0.39 is 11.7 Å². The van der Waals surface area contributed by atoms with Crippen molar-refractivity contribution in [2.75, 3.05) is 0 Å². The predicted octanol–water partition coefficient (Wildman–Crippen LogP) is 4.48. The predicted molar refractivity (Wildman–Crippen MR) is 94.4 cm³/mol. The number of hydrogen-bond donors (Lipinski definition) is 0. The first kappa shape index (κ1) is 17.7. The van der Waals surface area contributed by atoms with Crippen molar-refractivity contribution in [1.29, 1.82) is 0 Å². The molecule has 3 aromatic rings. The second-order valence-corrected chi connectivity index (χ2v) is 5.70. The lowest BCUT2D eigenvalue weighted by atomic mass is 10.1. The van der Waals surface area contributed by atoms with Crippen LogP contribution in [0.5, 0.6) is 0 Å². The van der Waals surface area contributed by atoms with Crippen molar-refractivity contribution in [3.8, 4) is 0 Å². The van der Waals surface area contributed by atoms with Crippen molar-refractivity contribution < 1.29 is 13.2 Å². The maximum Gasteiger partial charge on any atom is 0.416 e. The topological polar surface area (TPSA) is 34.9 Å².